The van der Waals surface area contributed by atoms with E-state index in [-0.39, 0.29) is 5.71 Å². The number of carbonyl (C=O) groups excluding carboxylic acids is 1. The van der Waals surface area contributed by atoms with Gasteiger partial charge in [0.15, 0.2) is 0 Å². The number of anilines is 1. The molecule has 0 saturated heterocycles. The highest BCUT2D eigenvalue weighted by molar-refractivity contribution is 7.14. The minimum absolute atomic E-state index is 0.267. The number of hydrogen-bond donors (Lipinski definition) is 1. The summed E-state index contributed by atoms with van der Waals surface area (Å²) in [6.07, 6.45) is 0. The van der Waals surface area contributed by atoms with Crippen LogP contribution in [0.4, 0.5) is 5.13 Å². The lowest BCUT2D eigenvalue weighted by atomic mass is 10.2. The van der Waals surface area contributed by atoms with E-state index >= 15 is 0 Å². The molecule has 0 bridgehead atoms. The molecule has 0 spiro atoms. The number of carbonyl (C=O) groups is 1. The van der Waals surface area contributed by atoms with E-state index in [1.54, 1.807) is 13.8 Å². The lowest BCUT2D eigenvalue weighted by Gasteiger charge is -2.00. The second kappa shape index (κ2) is 6.81. The molecule has 0 aliphatic rings. The molecule has 20 heavy (non-hydrogen) atoms. The second-order valence-corrected chi connectivity index (χ2v) is 4.79. The molecule has 0 aliphatic carbocycles. The highest BCUT2D eigenvalue weighted by Gasteiger charge is 2.07. The Labute approximate surface area is 121 Å². The fraction of sp³-hybridized carbons (Fsp3) is 0.214. The highest BCUT2D eigenvalue weighted by atomic mass is 32.1. The van der Waals surface area contributed by atoms with E-state index in [9.17, 15) is 4.79 Å². The smallest absolute Gasteiger partial charge is 0.354 e. The molecule has 0 saturated carbocycles. The maximum absolute atomic E-state index is 11.4. The Balaban J connectivity index is 2.04. The van der Waals surface area contributed by atoms with Crippen LogP contribution in [0.2, 0.25) is 0 Å². The molecule has 6 heteroatoms. The van der Waals surface area contributed by atoms with Crippen molar-refractivity contribution in [3.8, 4) is 11.3 Å². The van der Waals surface area contributed by atoms with Crippen molar-refractivity contribution in [1.82, 2.24) is 4.98 Å². The Kier molecular flexibility index (Phi) is 4.84. The molecule has 2 rings (SSSR count). The van der Waals surface area contributed by atoms with Gasteiger partial charge in [-0.15, -0.1) is 11.3 Å². The summed E-state index contributed by atoms with van der Waals surface area (Å²) in [6, 6.07) is 9.87. The van der Waals surface area contributed by atoms with Gasteiger partial charge < -0.3 is 4.74 Å². The van der Waals surface area contributed by atoms with Crippen molar-refractivity contribution < 1.29 is 9.53 Å². The summed E-state index contributed by atoms with van der Waals surface area (Å²) in [5.41, 5.74) is 4.96. The average molecular weight is 289 g/mol. The first-order valence-corrected chi connectivity index (χ1v) is 7.07. The molecule has 0 aliphatic heterocycles. The number of ether oxygens (including phenoxy) is 1. The van der Waals surface area contributed by atoms with Crippen LogP contribution >= 0.6 is 11.3 Å². The van der Waals surface area contributed by atoms with Crippen LogP contribution in [0.25, 0.3) is 11.3 Å². The van der Waals surface area contributed by atoms with Gasteiger partial charge in [0.25, 0.3) is 0 Å². The van der Waals surface area contributed by atoms with E-state index in [1.165, 1.54) is 11.3 Å². The minimum atomic E-state index is -0.431. The van der Waals surface area contributed by atoms with Gasteiger partial charge in [-0.25, -0.2) is 9.78 Å². The van der Waals surface area contributed by atoms with Gasteiger partial charge >= 0.3 is 5.97 Å². The van der Waals surface area contributed by atoms with Crippen LogP contribution in [0, 0.1) is 0 Å². The number of hydrazone groups is 1. The Hall–Kier alpha value is -2.21. The van der Waals surface area contributed by atoms with Crippen LogP contribution in [-0.2, 0) is 9.53 Å². The number of nitrogens with one attached hydrogen (secondary N) is 1. The molecule has 0 radical (unpaired) electrons. The third kappa shape index (κ3) is 3.64. The minimum Gasteiger partial charge on any atom is -0.461 e. The molecule has 0 amide bonds. The summed E-state index contributed by atoms with van der Waals surface area (Å²) < 4.78 is 4.84. The Morgan fingerprint density at radius 2 is 2.15 bits per heavy atom. The monoisotopic (exact) mass is 289 g/mol. The molecule has 1 aromatic heterocycles. The van der Waals surface area contributed by atoms with Gasteiger partial charge in [0, 0.05) is 10.9 Å². The molecule has 0 unspecified atom stereocenters. The van der Waals surface area contributed by atoms with Crippen LogP contribution in [0.3, 0.4) is 0 Å². The van der Waals surface area contributed by atoms with Crippen molar-refractivity contribution in [1.29, 1.82) is 0 Å². The Morgan fingerprint density at radius 1 is 1.40 bits per heavy atom. The predicted molar refractivity (Wildman–Crippen MR) is 80.9 cm³/mol. The molecule has 1 N–H and O–H groups in total. The van der Waals surface area contributed by atoms with E-state index in [0.717, 1.165) is 11.3 Å². The normalized spacial score (nSPS) is 11.2. The van der Waals surface area contributed by atoms with Gasteiger partial charge in [-0.1, -0.05) is 30.3 Å². The average Bonchev–Trinajstić information content (AvgIpc) is 2.95. The predicted octanol–water partition coefficient (Wildman–Crippen LogP) is 3.16. The van der Waals surface area contributed by atoms with Crippen LogP contribution in [0.1, 0.15) is 13.8 Å². The lowest BCUT2D eigenvalue weighted by Crippen LogP contribution is -2.15. The summed E-state index contributed by atoms with van der Waals surface area (Å²) in [7, 11) is 0. The van der Waals surface area contributed by atoms with Crippen molar-refractivity contribution >= 4 is 28.1 Å². The van der Waals surface area contributed by atoms with Crippen LogP contribution in [0.5, 0.6) is 0 Å². The number of hydrogen-bond acceptors (Lipinski definition) is 6. The number of aromatic nitrogens is 1. The Morgan fingerprint density at radius 3 is 2.85 bits per heavy atom. The molecule has 2 aromatic rings. The molecule has 0 fully saturated rings. The first kappa shape index (κ1) is 14.2. The zero-order valence-electron chi connectivity index (χ0n) is 11.3. The second-order valence-electron chi connectivity index (χ2n) is 3.93. The third-order valence-corrected chi connectivity index (χ3v) is 3.21. The highest BCUT2D eigenvalue weighted by Crippen LogP contribution is 2.24. The third-order valence-electron chi connectivity index (χ3n) is 2.46. The summed E-state index contributed by atoms with van der Waals surface area (Å²) in [4.78, 5) is 15.8. The molecule has 104 valence electrons. The van der Waals surface area contributed by atoms with Crippen molar-refractivity contribution in [3.63, 3.8) is 0 Å². The Bertz CT molecular complexity index is 608. The standard InChI is InChI=1S/C14H15N3O2S/c1-3-19-13(18)10(2)16-17-14-15-12(9-20-14)11-7-5-4-6-8-11/h4-9H,3H2,1-2H3,(H,15,17). The van der Waals surface area contributed by atoms with Gasteiger partial charge in [-0.05, 0) is 13.8 Å². The van der Waals surface area contributed by atoms with E-state index in [0.29, 0.717) is 11.7 Å². The molecule has 0 atom stereocenters. The van der Waals surface area contributed by atoms with Crippen LogP contribution in [-0.4, -0.2) is 23.3 Å². The van der Waals surface area contributed by atoms with Gasteiger partial charge in [-0.2, -0.15) is 5.10 Å². The summed E-state index contributed by atoms with van der Waals surface area (Å²) in [5.74, 6) is -0.431. The van der Waals surface area contributed by atoms with E-state index in [4.69, 9.17) is 4.74 Å². The molecular weight excluding hydrogens is 274 g/mol. The summed E-state index contributed by atoms with van der Waals surface area (Å²) in [5, 5.41) is 6.53. The van der Waals surface area contributed by atoms with Gasteiger partial charge in [0.05, 0.1) is 12.3 Å². The van der Waals surface area contributed by atoms with Crippen LogP contribution in [0.15, 0.2) is 40.8 Å². The first-order chi connectivity index (χ1) is 9.70. The fourth-order valence-corrected chi connectivity index (χ4v) is 2.14. The van der Waals surface area contributed by atoms with Crippen molar-refractivity contribution in [3.05, 3.63) is 35.7 Å². The van der Waals surface area contributed by atoms with Crippen molar-refractivity contribution in [2.75, 3.05) is 12.0 Å². The van der Waals surface area contributed by atoms with Crippen molar-refractivity contribution in [2.24, 2.45) is 5.10 Å². The number of esters is 1. The summed E-state index contributed by atoms with van der Waals surface area (Å²) in [6.45, 7) is 3.68. The topological polar surface area (TPSA) is 63.6 Å². The number of nitrogens with zero attached hydrogens (tertiary/aromatic N) is 2. The summed E-state index contributed by atoms with van der Waals surface area (Å²) >= 11 is 1.43. The maximum atomic E-state index is 11.4. The zero-order valence-corrected chi connectivity index (χ0v) is 12.1. The van der Waals surface area contributed by atoms with Gasteiger partial charge in [-0.3, -0.25) is 5.43 Å². The first-order valence-electron chi connectivity index (χ1n) is 6.19. The quantitative estimate of drug-likeness (QED) is 0.521. The van der Waals surface area contributed by atoms with E-state index in [2.05, 4.69) is 15.5 Å². The number of rotatable bonds is 5. The zero-order chi connectivity index (χ0) is 14.4. The maximum Gasteiger partial charge on any atom is 0.354 e. The molecule has 5 nitrogen and oxygen atoms in total. The SMILES string of the molecule is CCOC(=O)C(C)=NNc1nc(-c2ccccc2)cs1. The number of thiazole rings is 1. The lowest BCUT2D eigenvalue weighted by molar-refractivity contribution is -0.135. The number of benzene rings is 1. The van der Waals surface area contributed by atoms with Crippen molar-refractivity contribution in [2.45, 2.75) is 13.8 Å². The van der Waals surface area contributed by atoms with E-state index in [1.807, 2.05) is 35.7 Å². The van der Waals surface area contributed by atoms with Crippen LogP contribution < -0.4 is 5.43 Å². The molecular formula is C14H15N3O2S. The van der Waals surface area contributed by atoms with Gasteiger partial charge in [0.1, 0.15) is 5.71 Å². The fourth-order valence-electron chi connectivity index (χ4n) is 1.48. The largest absolute Gasteiger partial charge is 0.461 e. The molecule has 1 heterocycles. The van der Waals surface area contributed by atoms with E-state index < -0.39 is 5.97 Å². The molecule has 1 aromatic carbocycles. The van der Waals surface area contributed by atoms with Gasteiger partial charge in [0.2, 0.25) is 5.13 Å².